The van der Waals surface area contributed by atoms with Gasteiger partial charge in [0.05, 0.1) is 6.04 Å². The molecule has 0 aromatic rings. The topological polar surface area (TPSA) is 70.7 Å². The lowest BCUT2D eigenvalue weighted by Gasteiger charge is -2.40. The van der Waals surface area contributed by atoms with E-state index in [1.165, 1.54) is 0 Å². The molecular formula is C15H27N3O3. The Hall–Kier alpha value is -1.30. The maximum Gasteiger partial charge on any atom is 0.410 e. The molecule has 6 heteroatoms. The zero-order chi connectivity index (χ0) is 15.5. The first kappa shape index (κ1) is 16.1. The zero-order valence-corrected chi connectivity index (χ0v) is 13.3. The van der Waals surface area contributed by atoms with Gasteiger partial charge in [-0.25, -0.2) is 4.79 Å². The average Bonchev–Trinajstić information content (AvgIpc) is 2.61. The van der Waals surface area contributed by atoms with Crippen LogP contribution in [0.15, 0.2) is 0 Å². The third kappa shape index (κ3) is 4.59. The summed E-state index contributed by atoms with van der Waals surface area (Å²) >= 11 is 0. The average molecular weight is 297 g/mol. The summed E-state index contributed by atoms with van der Waals surface area (Å²) in [7, 11) is 0. The molecule has 0 saturated carbocycles. The molecule has 2 unspecified atom stereocenters. The molecule has 2 amide bonds. The van der Waals surface area contributed by atoms with E-state index < -0.39 is 5.60 Å². The fraction of sp³-hybridized carbons (Fsp3) is 0.867. The van der Waals surface area contributed by atoms with Crippen LogP contribution >= 0.6 is 0 Å². The fourth-order valence-electron chi connectivity index (χ4n) is 3.00. The van der Waals surface area contributed by atoms with Crippen molar-refractivity contribution in [2.45, 2.75) is 64.1 Å². The lowest BCUT2D eigenvalue weighted by Crippen LogP contribution is -2.55. The highest BCUT2D eigenvalue weighted by molar-refractivity contribution is 5.77. The number of piperidine rings is 1. The Labute approximate surface area is 126 Å². The van der Waals surface area contributed by atoms with E-state index in [1.807, 2.05) is 25.7 Å². The van der Waals surface area contributed by atoms with Crippen LogP contribution in [0.25, 0.3) is 0 Å². The largest absolute Gasteiger partial charge is 0.444 e. The molecule has 2 saturated heterocycles. The van der Waals surface area contributed by atoms with Gasteiger partial charge in [0.25, 0.3) is 0 Å². The molecular weight excluding hydrogens is 270 g/mol. The minimum Gasteiger partial charge on any atom is -0.444 e. The first-order chi connectivity index (χ1) is 9.87. The van der Waals surface area contributed by atoms with Crippen molar-refractivity contribution in [1.82, 2.24) is 15.5 Å². The van der Waals surface area contributed by atoms with Gasteiger partial charge in [0.2, 0.25) is 5.91 Å². The number of carbonyl (C=O) groups excluding carboxylic acids is 2. The smallest absolute Gasteiger partial charge is 0.410 e. The van der Waals surface area contributed by atoms with Crippen molar-refractivity contribution in [3.8, 4) is 0 Å². The number of hydrogen-bond acceptors (Lipinski definition) is 4. The van der Waals surface area contributed by atoms with E-state index in [9.17, 15) is 9.59 Å². The molecule has 0 spiro atoms. The molecule has 2 heterocycles. The SMILES string of the molecule is CC(C)(C)OC(=O)N1CCCCC1C1CC(=O)NCCN1. The summed E-state index contributed by atoms with van der Waals surface area (Å²) in [6, 6.07) is 0.0535. The molecule has 6 nitrogen and oxygen atoms in total. The molecule has 2 atom stereocenters. The fourth-order valence-corrected chi connectivity index (χ4v) is 3.00. The van der Waals surface area contributed by atoms with Crippen LogP contribution in [-0.4, -0.2) is 54.2 Å². The van der Waals surface area contributed by atoms with E-state index >= 15 is 0 Å². The van der Waals surface area contributed by atoms with Gasteiger partial charge in [0.15, 0.2) is 0 Å². The number of nitrogens with zero attached hydrogens (tertiary/aromatic N) is 1. The van der Waals surface area contributed by atoms with E-state index in [-0.39, 0.29) is 24.1 Å². The van der Waals surface area contributed by atoms with Crippen LogP contribution in [0, 0.1) is 0 Å². The van der Waals surface area contributed by atoms with Gasteiger partial charge in [-0.3, -0.25) is 4.79 Å². The maximum absolute atomic E-state index is 12.4. The van der Waals surface area contributed by atoms with Gasteiger partial charge in [-0.2, -0.15) is 0 Å². The summed E-state index contributed by atoms with van der Waals surface area (Å²) in [6.07, 6.45) is 3.16. The quantitative estimate of drug-likeness (QED) is 0.764. The van der Waals surface area contributed by atoms with Crippen LogP contribution in [-0.2, 0) is 9.53 Å². The Balaban J connectivity index is 2.07. The van der Waals surface area contributed by atoms with Crippen molar-refractivity contribution < 1.29 is 14.3 Å². The molecule has 120 valence electrons. The number of hydrogen-bond donors (Lipinski definition) is 2. The Morgan fingerprint density at radius 3 is 2.76 bits per heavy atom. The standard InChI is InChI=1S/C15H27N3O3/c1-15(2,3)21-14(20)18-9-5-4-6-12(18)11-10-13(19)17-8-7-16-11/h11-12,16H,4-10H2,1-3H3,(H,17,19). The van der Waals surface area contributed by atoms with Crippen LogP contribution in [0.4, 0.5) is 4.79 Å². The van der Waals surface area contributed by atoms with Crippen LogP contribution in [0.2, 0.25) is 0 Å². The summed E-state index contributed by atoms with van der Waals surface area (Å²) < 4.78 is 5.52. The number of carbonyl (C=O) groups is 2. The minimum absolute atomic E-state index is 0.0142. The predicted molar refractivity (Wildman–Crippen MR) is 80.0 cm³/mol. The van der Waals surface area contributed by atoms with Crippen molar-refractivity contribution in [3.05, 3.63) is 0 Å². The number of likely N-dealkylation sites (tertiary alicyclic amines) is 1. The molecule has 2 aliphatic rings. The highest BCUT2D eigenvalue weighted by Gasteiger charge is 2.36. The second kappa shape index (κ2) is 6.64. The Bertz CT molecular complexity index is 392. The summed E-state index contributed by atoms with van der Waals surface area (Å²) in [5.74, 6) is 0.0553. The molecule has 2 fully saturated rings. The van der Waals surface area contributed by atoms with Gasteiger partial charge in [0.1, 0.15) is 5.60 Å². The van der Waals surface area contributed by atoms with E-state index in [4.69, 9.17) is 4.74 Å². The molecule has 0 aliphatic carbocycles. The summed E-state index contributed by atoms with van der Waals surface area (Å²) in [5.41, 5.74) is -0.493. The number of ether oxygens (including phenoxy) is 1. The van der Waals surface area contributed by atoms with Gasteiger partial charge < -0.3 is 20.3 Å². The maximum atomic E-state index is 12.4. The van der Waals surface area contributed by atoms with E-state index in [0.717, 1.165) is 25.8 Å². The van der Waals surface area contributed by atoms with Crippen molar-refractivity contribution in [2.75, 3.05) is 19.6 Å². The third-order valence-corrected chi connectivity index (χ3v) is 3.90. The summed E-state index contributed by atoms with van der Waals surface area (Å²) in [4.78, 5) is 26.0. The summed E-state index contributed by atoms with van der Waals surface area (Å²) in [6.45, 7) is 7.73. The van der Waals surface area contributed by atoms with Crippen molar-refractivity contribution in [2.24, 2.45) is 0 Å². The molecule has 21 heavy (non-hydrogen) atoms. The normalized spacial score (nSPS) is 27.8. The molecule has 2 N–H and O–H groups in total. The van der Waals surface area contributed by atoms with Gasteiger partial charge >= 0.3 is 6.09 Å². The van der Waals surface area contributed by atoms with Gasteiger partial charge in [-0.05, 0) is 40.0 Å². The number of rotatable bonds is 1. The van der Waals surface area contributed by atoms with E-state index in [2.05, 4.69) is 10.6 Å². The molecule has 0 aromatic carbocycles. The van der Waals surface area contributed by atoms with Gasteiger partial charge in [-0.15, -0.1) is 0 Å². The highest BCUT2D eigenvalue weighted by Crippen LogP contribution is 2.24. The van der Waals surface area contributed by atoms with Crippen molar-refractivity contribution in [3.63, 3.8) is 0 Å². The van der Waals surface area contributed by atoms with Gasteiger partial charge in [0, 0.05) is 32.1 Å². The Kier molecular flexibility index (Phi) is 5.08. The zero-order valence-electron chi connectivity index (χ0n) is 13.3. The molecule has 0 bridgehead atoms. The molecule has 0 radical (unpaired) electrons. The Morgan fingerprint density at radius 2 is 2.05 bits per heavy atom. The van der Waals surface area contributed by atoms with Crippen molar-refractivity contribution >= 4 is 12.0 Å². The number of amides is 2. The van der Waals surface area contributed by atoms with Gasteiger partial charge in [-0.1, -0.05) is 0 Å². The number of nitrogens with one attached hydrogen (secondary N) is 2. The lowest BCUT2D eigenvalue weighted by molar-refractivity contribution is -0.121. The predicted octanol–water partition coefficient (Wildman–Crippen LogP) is 1.25. The third-order valence-electron chi connectivity index (χ3n) is 3.90. The second-order valence-corrected chi connectivity index (χ2v) is 6.85. The highest BCUT2D eigenvalue weighted by atomic mass is 16.6. The Morgan fingerprint density at radius 1 is 1.29 bits per heavy atom. The lowest BCUT2D eigenvalue weighted by atomic mass is 9.94. The second-order valence-electron chi connectivity index (χ2n) is 6.85. The van der Waals surface area contributed by atoms with Crippen LogP contribution in [0.5, 0.6) is 0 Å². The first-order valence-electron chi connectivity index (χ1n) is 7.86. The minimum atomic E-state index is -0.493. The van der Waals surface area contributed by atoms with Crippen molar-refractivity contribution in [1.29, 1.82) is 0 Å². The van der Waals surface area contributed by atoms with Crippen LogP contribution in [0.1, 0.15) is 46.5 Å². The van der Waals surface area contributed by atoms with E-state index in [0.29, 0.717) is 19.5 Å². The van der Waals surface area contributed by atoms with Crippen LogP contribution in [0.3, 0.4) is 0 Å². The summed E-state index contributed by atoms with van der Waals surface area (Å²) in [5, 5.41) is 6.26. The molecule has 2 aliphatic heterocycles. The van der Waals surface area contributed by atoms with E-state index in [1.54, 1.807) is 0 Å². The molecule has 2 rings (SSSR count). The first-order valence-corrected chi connectivity index (χ1v) is 7.86. The van der Waals surface area contributed by atoms with Crippen LogP contribution < -0.4 is 10.6 Å². The molecule has 0 aromatic heterocycles. The monoisotopic (exact) mass is 297 g/mol.